The van der Waals surface area contributed by atoms with Crippen LogP contribution in [0.5, 0.6) is 0 Å². The average molecular weight is 258 g/mol. The van der Waals surface area contributed by atoms with Crippen molar-refractivity contribution >= 4 is 0 Å². The predicted octanol–water partition coefficient (Wildman–Crippen LogP) is 3.21. The number of piperazine rings is 1. The number of hydrogen-bond donors (Lipinski definition) is 1. The van der Waals surface area contributed by atoms with E-state index in [1.807, 2.05) is 0 Å². The van der Waals surface area contributed by atoms with Crippen LogP contribution in [0, 0.1) is 5.92 Å². The molecule has 2 aliphatic rings. The molecule has 1 aliphatic carbocycles. The van der Waals surface area contributed by atoms with Gasteiger partial charge >= 0.3 is 0 Å². The minimum absolute atomic E-state index is 0.568. The summed E-state index contributed by atoms with van der Waals surface area (Å²) in [5, 5.41) is 3.57. The van der Waals surface area contributed by atoms with Crippen molar-refractivity contribution in [2.45, 2.75) is 44.7 Å². The predicted molar refractivity (Wildman–Crippen MR) is 80.2 cm³/mol. The second-order valence-corrected chi connectivity index (χ2v) is 6.11. The van der Waals surface area contributed by atoms with E-state index >= 15 is 0 Å². The van der Waals surface area contributed by atoms with Gasteiger partial charge in [-0.25, -0.2) is 0 Å². The number of nitrogens with zero attached hydrogens (tertiary/aromatic N) is 1. The lowest BCUT2D eigenvalue weighted by atomic mass is 9.97. The van der Waals surface area contributed by atoms with Crippen LogP contribution >= 0.6 is 0 Å². The number of benzene rings is 1. The highest BCUT2D eigenvalue weighted by Gasteiger charge is 2.32. The van der Waals surface area contributed by atoms with Gasteiger partial charge in [-0.1, -0.05) is 50.1 Å². The second-order valence-electron chi connectivity index (χ2n) is 6.11. The van der Waals surface area contributed by atoms with Gasteiger partial charge in [-0.05, 0) is 24.3 Å². The highest BCUT2D eigenvalue weighted by molar-refractivity contribution is 5.20. The molecule has 2 fully saturated rings. The Hall–Kier alpha value is -0.860. The number of rotatable bonds is 5. The Morgan fingerprint density at radius 1 is 1.26 bits per heavy atom. The smallest absolute Gasteiger partial charge is 0.0476 e. The summed E-state index contributed by atoms with van der Waals surface area (Å²) in [6, 6.07) is 12.4. The van der Waals surface area contributed by atoms with Gasteiger partial charge in [0.25, 0.3) is 0 Å². The first-order valence-electron chi connectivity index (χ1n) is 7.90. The SMILES string of the molecule is CCC(CC1CC1)N1CCNCC1c1ccccc1. The molecule has 0 bridgehead atoms. The fourth-order valence-corrected chi connectivity index (χ4v) is 3.42. The van der Waals surface area contributed by atoms with Crippen molar-refractivity contribution in [1.82, 2.24) is 10.2 Å². The molecule has 1 N–H and O–H groups in total. The minimum atomic E-state index is 0.568. The summed E-state index contributed by atoms with van der Waals surface area (Å²) in [5.41, 5.74) is 1.48. The third kappa shape index (κ3) is 3.18. The minimum Gasteiger partial charge on any atom is -0.314 e. The van der Waals surface area contributed by atoms with Crippen molar-refractivity contribution in [3.63, 3.8) is 0 Å². The Labute approximate surface area is 117 Å². The quantitative estimate of drug-likeness (QED) is 0.872. The van der Waals surface area contributed by atoms with Crippen molar-refractivity contribution in [2.24, 2.45) is 5.92 Å². The lowest BCUT2D eigenvalue weighted by Gasteiger charge is -2.42. The Bertz CT molecular complexity index is 386. The van der Waals surface area contributed by atoms with Crippen LogP contribution in [0.15, 0.2) is 30.3 Å². The molecule has 0 aromatic heterocycles. The Morgan fingerprint density at radius 2 is 2.05 bits per heavy atom. The summed E-state index contributed by atoms with van der Waals surface area (Å²) in [6.07, 6.45) is 5.65. The van der Waals surface area contributed by atoms with Crippen LogP contribution in [0.4, 0.5) is 0 Å². The maximum absolute atomic E-state index is 3.57. The lowest BCUT2D eigenvalue weighted by molar-refractivity contribution is 0.0937. The fraction of sp³-hybridized carbons (Fsp3) is 0.647. The van der Waals surface area contributed by atoms with Gasteiger partial charge in [0.1, 0.15) is 0 Å². The van der Waals surface area contributed by atoms with E-state index in [1.165, 1.54) is 37.8 Å². The lowest BCUT2D eigenvalue weighted by Crippen LogP contribution is -2.50. The van der Waals surface area contributed by atoms with Crippen LogP contribution in [0.2, 0.25) is 0 Å². The molecule has 0 amide bonds. The van der Waals surface area contributed by atoms with E-state index < -0.39 is 0 Å². The Kier molecular flexibility index (Phi) is 4.19. The zero-order valence-electron chi connectivity index (χ0n) is 12.0. The van der Waals surface area contributed by atoms with E-state index in [9.17, 15) is 0 Å². The van der Waals surface area contributed by atoms with Gasteiger partial charge in [0.05, 0.1) is 0 Å². The molecular weight excluding hydrogens is 232 g/mol. The maximum Gasteiger partial charge on any atom is 0.0476 e. The molecule has 2 atom stereocenters. The van der Waals surface area contributed by atoms with Crippen LogP contribution in [-0.4, -0.2) is 30.6 Å². The molecule has 2 nitrogen and oxygen atoms in total. The summed E-state index contributed by atoms with van der Waals surface area (Å²) < 4.78 is 0. The molecule has 1 aliphatic heterocycles. The second kappa shape index (κ2) is 6.06. The highest BCUT2D eigenvalue weighted by atomic mass is 15.2. The standard InChI is InChI=1S/C17H26N2/c1-2-16(12-14-8-9-14)19-11-10-18-13-17(19)15-6-4-3-5-7-15/h3-7,14,16-18H,2,8-13H2,1H3. The fourth-order valence-electron chi connectivity index (χ4n) is 3.42. The van der Waals surface area contributed by atoms with Crippen molar-refractivity contribution in [3.05, 3.63) is 35.9 Å². The van der Waals surface area contributed by atoms with Gasteiger partial charge in [-0.3, -0.25) is 4.90 Å². The molecule has 2 heteroatoms. The molecule has 0 spiro atoms. The van der Waals surface area contributed by atoms with Gasteiger partial charge in [0.2, 0.25) is 0 Å². The first kappa shape index (κ1) is 13.1. The molecule has 104 valence electrons. The molecule has 1 aromatic rings. The maximum atomic E-state index is 3.57. The zero-order valence-corrected chi connectivity index (χ0v) is 12.0. The van der Waals surface area contributed by atoms with E-state index in [4.69, 9.17) is 0 Å². The molecule has 1 saturated heterocycles. The van der Waals surface area contributed by atoms with Gasteiger partial charge in [0, 0.05) is 31.7 Å². The Balaban J connectivity index is 1.75. The molecule has 2 unspecified atom stereocenters. The monoisotopic (exact) mass is 258 g/mol. The van der Waals surface area contributed by atoms with E-state index in [0.29, 0.717) is 6.04 Å². The van der Waals surface area contributed by atoms with E-state index in [2.05, 4.69) is 47.5 Å². The van der Waals surface area contributed by atoms with Gasteiger partial charge < -0.3 is 5.32 Å². The summed E-state index contributed by atoms with van der Waals surface area (Å²) >= 11 is 0. The summed E-state index contributed by atoms with van der Waals surface area (Å²) in [5.74, 6) is 1.02. The van der Waals surface area contributed by atoms with E-state index in [0.717, 1.165) is 25.0 Å². The van der Waals surface area contributed by atoms with Gasteiger partial charge in [-0.15, -0.1) is 0 Å². The highest BCUT2D eigenvalue weighted by Crippen LogP contribution is 2.37. The van der Waals surface area contributed by atoms with Gasteiger partial charge in [0.15, 0.2) is 0 Å². The molecule has 3 rings (SSSR count). The molecular formula is C17H26N2. The van der Waals surface area contributed by atoms with Crippen LogP contribution in [-0.2, 0) is 0 Å². The number of nitrogens with one attached hydrogen (secondary N) is 1. The van der Waals surface area contributed by atoms with E-state index in [-0.39, 0.29) is 0 Å². The van der Waals surface area contributed by atoms with Crippen LogP contribution in [0.1, 0.15) is 44.2 Å². The largest absolute Gasteiger partial charge is 0.314 e. The molecule has 0 radical (unpaired) electrons. The average Bonchev–Trinajstić information content (AvgIpc) is 3.30. The van der Waals surface area contributed by atoms with Crippen LogP contribution < -0.4 is 5.32 Å². The van der Waals surface area contributed by atoms with Gasteiger partial charge in [-0.2, -0.15) is 0 Å². The molecule has 19 heavy (non-hydrogen) atoms. The van der Waals surface area contributed by atoms with Crippen molar-refractivity contribution in [3.8, 4) is 0 Å². The zero-order chi connectivity index (χ0) is 13.1. The first-order valence-corrected chi connectivity index (χ1v) is 7.90. The van der Waals surface area contributed by atoms with Crippen molar-refractivity contribution in [2.75, 3.05) is 19.6 Å². The normalized spacial score (nSPS) is 26.3. The summed E-state index contributed by atoms with van der Waals surface area (Å²) in [7, 11) is 0. The third-order valence-corrected chi connectivity index (χ3v) is 4.71. The topological polar surface area (TPSA) is 15.3 Å². The van der Waals surface area contributed by atoms with E-state index in [1.54, 1.807) is 0 Å². The summed E-state index contributed by atoms with van der Waals surface area (Å²) in [4.78, 5) is 2.77. The third-order valence-electron chi connectivity index (χ3n) is 4.71. The summed E-state index contributed by atoms with van der Waals surface area (Å²) in [6.45, 7) is 5.80. The Morgan fingerprint density at radius 3 is 2.74 bits per heavy atom. The molecule has 1 aromatic carbocycles. The number of hydrogen-bond acceptors (Lipinski definition) is 2. The van der Waals surface area contributed by atoms with Crippen LogP contribution in [0.25, 0.3) is 0 Å². The molecule has 1 saturated carbocycles. The molecule has 1 heterocycles. The first-order chi connectivity index (χ1) is 9.38. The van der Waals surface area contributed by atoms with Crippen LogP contribution in [0.3, 0.4) is 0 Å². The van der Waals surface area contributed by atoms with Crippen molar-refractivity contribution < 1.29 is 0 Å². The van der Waals surface area contributed by atoms with Crippen molar-refractivity contribution in [1.29, 1.82) is 0 Å².